The van der Waals surface area contributed by atoms with E-state index in [4.69, 9.17) is 0 Å². The fraction of sp³-hybridized carbons (Fsp3) is 0.323. The van der Waals surface area contributed by atoms with Crippen LogP contribution in [0.5, 0.6) is 0 Å². The van der Waals surface area contributed by atoms with Crippen LogP contribution >= 0.6 is 0 Å². The largest absolute Gasteiger partial charge is 0.351 e. The molecule has 0 aliphatic carbocycles. The minimum absolute atomic E-state index is 0.149. The van der Waals surface area contributed by atoms with Crippen molar-refractivity contribution in [1.82, 2.24) is 16.0 Å². The maximum atomic E-state index is 14.1. The zero-order valence-electron chi connectivity index (χ0n) is 22.2. The second-order valence-corrected chi connectivity index (χ2v) is 10.8. The van der Waals surface area contributed by atoms with Crippen LogP contribution in [0.1, 0.15) is 48.2 Å². The lowest BCUT2D eigenvalue weighted by Gasteiger charge is -2.29. The molecule has 0 saturated heterocycles. The number of carbonyl (C=O) groups is 3. The van der Waals surface area contributed by atoms with Gasteiger partial charge in [-0.3, -0.25) is 14.4 Å². The highest BCUT2D eigenvalue weighted by atomic mass is 19.1. The maximum Gasteiger partial charge on any atom is 0.251 e. The summed E-state index contributed by atoms with van der Waals surface area (Å²) in [6, 6.07) is 18.9. The molecule has 3 aliphatic rings. The van der Waals surface area contributed by atoms with E-state index < -0.39 is 11.6 Å². The lowest BCUT2D eigenvalue weighted by atomic mass is 9.98. The molecule has 4 bridgehead atoms. The molecular formula is C31H33FN4O3. The average molecular weight is 529 g/mol. The van der Waals surface area contributed by atoms with Crippen LogP contribution in [0.3, 0.4) is 0 Å². The first kappa shape index (κ1) is 26.6. The van der Waals surface area contributed by atoms with Crippen molar-refractivity contribution in [1.29, 1.82) is 0 Å². The molecule has 39 heavy (non-hydrogen) atoms. The van der Waals surface area contributed by atoms with E-state index in [1.165, 1.54) is 12.1 Å². The summed E-state index contributed by atoms with van der Waals surface area (Å²) in [4.78, 5) is 41.5. The van der Waals surface area contributed by atoms with Gasteiger partial charge in [-0.1, -0.05) is 42.5 Å². The van der Waals surface area contributed by atoms with Crippen molar-refractivity contribution in [3.63, 3.8) is 0 Å². The van der Waals surface area contributed by atoms with Crippen molar-refractivity contribution in [2.75, 3.05) is 18.0 Å². The molecule has 0 spiro atoms. The lowest BCUT2D eigenvalue weighted by molar-refractivity contribution is -0.128. The third-order valence-corrected chi connectivity index (χ3v) is 7.33. The molecule has 0 aromatic heterocycles. The van der Waals surface area contributed by atoms with Gasteiger partial charge in [0, 0.05) is 36.3 Å². The van der Waals surface area contributed by atoms with Gasteiger partial charge in [0.15, 0.2) is 0 Å². The van der Waals surface area contributed by atoms with Crippen LogP contribution < -0.4 is 20.9 Å². The molecule has 3 amide bonds. The van der Waals surface area contributed by atoms with Crippen LogP contribution in [0.2, 0.25) is 0 Å². The zero-order valence-corrected chi connectivity index (χ0v) is 22.2. The lowest BCUT2D eigenvalue weighted by Crippen LogP contribution is -2.51. The number of rotatable bonds is 0. The first-order chi connectivity index (χ1) is 18.7. The number of benzene rings is 3. The van der Waals surface area contributed by atoms with Crippen LogP contribution in [-0.2, 0) is 22.6 Å². The van der Waals surface area contributed by atoms with Crippen molar-refractivity contribution < 1.29 is 18.8 Å². The van der Waals surface area contributed by atoms with Gasteiger partial charge in [-0.15, -0.1) is 0 Å². The van der Waals surface area contributed by atoms with E-state index in [9.17, 15) is 18.8 Å². The van der Waals surface area contributed by atoms with Crippen LogP contribution in [0.25, 0.3) is 11.1 Å². The molecule has 6 rings (SSSR count). The Hall–Kier alpha value is -4.04. The van der Waals surface area contributed by atoms with Crippen molar-refractivity contribution in [3.8, 4) is 11.1 Å². The standard InChI is InChI=1S/C31H33FN4O3/c1-31(2)18-28(37)35-26-13-11-22-17-23(32)12-14-27(22)36(30(26)39)19-20-7-9-21(10-8-20)24-5-3-4-6-25(24)29(38)33-15-16-34-31/h3-10,12,14,17,26,34H,11,13,15-16,18-19H2,1-2H3,(H,33,38)(H,35,37)/t26-/m1/s1. The number of amides is 3. The molecule has 3 aromatic rings. The molecule has 3 N–H and O–H groups in total. The van der Waals surface area contributed by atoms with E-state index in [1.54, 1.807) is 17.0 Å². The number of nitrogens with one attached hydrogen (secondary N) is 3. The van der Waals surface area contributed by atoms with Crippen LogP contribution in [0.4, 0.5) is 10.1 Å². The Morgan fingerprint density at radius 1 is 0.923 bits per heavy atom. The van der Waals surface area contributed by atoms with Gasteiger partial charge in [-0.25, -0.2) is 4.39 Å². The summed E-state index contributed by atoms with van der Waals surface area (Å²) in [7, 11) is 0. The highest BCUT2D eigenvalue weighted by Gasteiger charge is 2.33. The number of anilines is 1. The molecule has 0 saturated carbocycles. The van der Waals surface area contributed by atoms with Gasteiger partial charge in [0.2, 0.25) is 11.8 Å². The average Bonchev–Trinajstić information content (AvgIpc) is 3.02. The monoisotopic (exact) mass is 528 g/mol. The summed E-state index contributed by atoms with van der Waals surface area (Å²) >= 11 is 0. The summed E-state index contributed by atoms with van der Waals surface area (Å²) < 4.78 is 14.1. The van der Waals surface area contributed by atoms with Crippen LogP contribution in [-0.4, -0.2) is 42.4 Å². The van der Waals surface area contributed by atoms with Gasteiger partial charge in [-0.05, 0) is 73.2 Å². The molecule has 3 aliphatic heterocycles. The molecular weight excluding hydrogens is 495 g/mol. The summed E-state index contributed by atoms with van der Waals surface area (Å²) in [6.45, 7) is 4.95. The predicted molar refractivity (Wildman–Crippen MR) is 149 cm³/mol. The predicted octanol–water partition coefficient (Wildman–Crippen LogP) is 3.96. The van der Waals surface area contributed by atoms with Gasteiger partial charge in [0.1, 0.15) is 11.9 Å². The molecule has 7 nitrogen and oxygen atoms in total. The van der Waals surface area contributed by atoms with Gasteiger partial charge < -0.3 is 20.9 Å². The third kappa shape index (κ3) is 6.01. The van der Waals surface area contributed by atoms with E-state index in [1.807, 2.05) is 56.3 Å². The normalized spacial score (nSPS) is 19.9. The fourth-order valence-electron chi connectivity index (χ4n) is 5.33. The summed E-state index contributed by atoms with van der Waals surface area (Å²) in [5, 5.41) is 9.24. The molecule has 202 valence electrons. The number of nitrogens with zero attached hydrogens (tertiary/aromatic N) is 1. The van der Waals surface area contributed by atoms with E-state index in [0.717, 1.165) is 22.3 Å². The molecule has 3 heterocycles. The van der Waals surface area contributed by atoms with Crippen molar-refractivity contribution >= 4 is 23.4 Å². The SMILES string of the molecule is CC1(C)CC(=O)N[C@@H]2CCc3cc(F)ccc3N(Cc3ccc(cc3)-c3ccccc3C(=O)NCCN1)C2=O. The highest BCUT2D eigenvalue weighted by molar-refractivity contribution is 6.01. The minimum Gasteiger partial charge on any atom is -0.351 e. The van der Waals surface area contributed by atoms with Crippen molar-refractivity contribution in [2.24, 2.45) is 0 Å². The van der Waals surface area contributed by atoms with Crippen molar-refractivity contribution in [3.05, 3.63) is 89.2 Å². The first-order valence-corrected chi connectivity index (χ1v) is 13.3. The van der Waals surface area contributed by atoms with Gasteiger partial charge >= 0.3 is 0 Å². The molecule has 0 fully saturated rings. The Balaban J connectivity index is 1.54. The molecule has 0 unspecified atom stereocenters. The Labute approximate surface area is 227 Å². The molecule has 8 heteroatoms. The topological polar surface area (TPSA) is 90.5 Å². The Morgan fingerprint density at radius 3 is 2.44 bits per heavy atom. The van der Waals surface area contributed by atoms with Gasteiger partial charge in [0.25, 0.3) is 5.91 Å². The van der Waals surface area contributed by atoms with E-state index in [0.29, 0.717) is 37.2 Å². The fourth-order valence-corrected chi connectivity index (χ4v) is 5.33. The summed E-state index contributed by atoms with van der Waals surface area (Å²) in [5.74, 6) is -0.995. The van der Waals surface area contributed by atoms with Crippen LogP contribution in [0, 0.1) is 5.82 Å². The Morgan fingerprint density at radius 2 is 1.67 bits per heavy atom. The quantitative estimate of drug-likeness (QED) is 0.412. The molecule has 3 aromatic carbocycles. The smallest absolute Gasteiger partial charge is 0.251 e. The zero-order chi connectivity index (χ0) is 27.6. The third-order valence-electron chi connectivity index (χ3n) is 7.33. The number of hydrogen-bond donors (Lipinski definition) is 3. The second-order valence-electron chi connectivity index (χ2n) is 10.8. The number of fused-ring (bicyclic) bond motifs is 11. The van der Waals surface area contributed by atoms with E-state index >= 15 is 0 Å². The highest BCUT2D eigenvalue weighted by Crippen LogP contribution is 2.31. The second kappa shape index (κ2) is 11.0. The minimum atomic E-state index is -0.726. The van der Waals surface area contributed by atoms with E-state index in [2.05, 4.69) is 16.0 Å². The number of aryl methyl sites for hydroxylation is 1. The molecule has 1 atom stereocenters. The molecule has 0 radical (unpaired) electrons. The Kier molecular flexibility index (Phi) is 7.48. The van der Waals surface area contributed by atoms with Crippen LogP contribution in [0.15, 0.2) is 66.7 Å². The van der Waals surface area contributed by atoms with E-state index in [-0.39, 0.29) is 36.5 Å². The van der Waals surface area contributed by atoms with Gasteiger partial charge in [0.05, 0.1) is 6.54 Å². The summed E-state index contributed by atoms with van der Waals surface area (Å²) in [6.07, 6.45) is 1.00. The Bertz CT molecular complexity index is 1400. The maximum absolute atomic E-state index is 14.1. The number of halogens is 1. The van der Waals surface area contributed by atoms with Crippen molar-refractivity contribution in [2.45, 2.75) is 51.2 Å². The number of carbonyl (C=O) groups excluding carboxylic acids is 3. The number of hydrogen-bond acceptors (Lipinski definition) is 4. The van der Waals surface area contributed by atoms with Gasteiger partial charge in [-0.2, -0.15) is 0 Å². The summed E-state index contributed by atoms with van der Waals surface area (Å²) in [5.41, 5.74) is 3.97. The first-order valence-electron chi connectivity index (χ1n) is 13.3.